The van der Waals surface area contributed by atoms with E-state index in [2.05, 4.69) is 46.2 Å². The number of nitrogens with one attached hydrogen (secondary N) is 2. The topological polar surface area (TPSA) is 93.3 Å². The number of hydrogen-bond donors (Lipinski definition) is 2. The summed E-state index contributed by atoms with van der Waals surface area (Å²) in [6, 6.07) is 11.8. The zero-order valence-electron chi connectivity index (χ0n) is 20.9. The number of benzene rings is 1. The van der Waals surface area contributed by atoms with E-state index in [0.29, 0.717) is 11.4 Å². The number of pyridine rings is 2. The molecule has 0 atom stereocenters. The van der Waals surface area contributed by atoms with Crippen LogP contribution in [0.5, 0.6) is 0 Å². The second-order valence-electron chi connectivity index (χ2n) is 9.24. The summed E-state index contributed by atoms with van der Waals surface area (Å²) in [5, 5.41) is 10.9. The summed E-state index contributed by atoms with van der Waals surface area (Å²) in [5.74, 6) is 0.563. The Morgan fingerprint density at radius 1 is 0.914 bits per heavy atom. The Bertz CT molecular complexity index is 1300. The Kier molecular flexibility index (Phi) is 7.38. The molecule has 0 aliphatic rings. The molecule has 4 aromatic rings. The van der Waals surface area contributed by atoms with E-state index < -0.39 is 0 Å². The third kappa shape index (κ3) is 6.00. The predicted molar refractivity (Wildman–Crippen MR) is 141 cm³/mol. The van der Waals surface area contributed by atoms with Crippen LogP contribution in [-0.4, -0.2) is 84.2 Å². The first-order valence-electron chi connectivity index (χ1n) is 11.5. The van der Waals surface area contributed by atoms with Gasteiger partial charge >= 0.3 is 0 Å². The van der Waals surface area contributed by atoms with Crippen molar-refractivity contribution in [1.29, 1.82) is 0 Å². The maximum atomic E-state index is 13.1. The average molecular weight is 473 g/mol. The molecule has 3 aromatic heterocycles. The van der Waals surface area contributed by atoms with Crippen LogP contribution in [0.25, 0.3) is 22.0 Å². The molecule has 3 heterocycles. The molecule has 4 rings (SSSR count). The number of rotatable bonds is 9. The number of amides is 1. The van der Waals surface area contributed by atoms with Crippen LogP contribution < -0.4 is 10.2 Å². The van der Waals surface area contributed by atoms with Crippen molar-refractivity contribution in [2.24, 2.45) is 0 Å². The zero-order valence-corrected chi connectivity index (χ0v) is 20.9. The van der Waals surface area contributed by atoms with Crippen LogP contribution in [0, 0.1) is 0 Å². The molecule has 0 radical (unpaired) electrons. The van der Waals surface area contributed by atoms with Gasteiger partial charge in [0.05, 0.1) is 17.4 Å². The molecule has 0 aliphatic carbocycles. The van der Waals surface area contributed by atoms with Gasteiger partial charge in [-0.05, 0) is 69.6 Å². The number of fused-ring (bicyclic) bond motifs is 1. The highest BCUT2D eigenvalue weighted by atomic mass is 16.1. The minimum atomic E-state index is -0.289. The van der Waals surface area contributed by atoms with Gasteiger partial charge in [0.15, 0.2) is 5.69 Å². The van der Waals surface area contributed by atoms with E-state index in [1.54, 1.807) is 6.20 Å². The van der Waals surface area contributed by atoms with Crippen LogP contribution in [0.15, 0.2) is 55.0 Å². The fourth-order valence-electron chi connectivity index (χ4n) is 3.80. The molecule has 0 unspecified atom stereocenters. The van der Waals surface area contributed by atoms with E-state index in [0.717, 1.165) is 53.0 Å². The monoisotopic (exact) mass is 472 g/mol. The van der Waals surface area contributed by atoms with Gasteiger partial charge < -0.3 is 20.0 Å². The largest absolute Gasteiger partial charge is 0.358 e. The number of likely N-dealkylation sites (N-methyl/N-ethyl adjacent to an activating group) is 2. The van der Waals surface area contributed by atoms with Crippen LogP contribution in [0.2, 0.25) is 0 Å². The Labute approximate surface area is 205 Å². The van der Waals surface area contributed by atoms with E-state index in [9.17, 15) is 4.79 Å². The molecular weight excluding hydrogens is 440 g/mol. The van der Waals surface area contributed by atoms with Gasteiger partial charge in [-0.15, -0.1) is 0 Å². The Morgan fingerprint density at radius 2 is 1.74 bits per heavy atom. The molecule has 0 saturated heterocycles. The van der Waals surface area contributed by atoms with Crippen molar-refractivity contribution in [3.8, 4) is 11.1 Å². The maximum Gasteiger partial charge on any atom is 0.276 e. The van der Waals surface area contributed by atoms with Gasteiger partial charge in [-0.25, -0.2) is 4.98 Å². The van der Waals surface area contributed by atoms with Gasteiger partial charge in [0.25, 0.3) is 5.91 Å². The first-order chi connectivity index (χ1) is 16.8. The quantitative estimate of drug-likeness (QED) is 0.386. The zero-order chi connectivity index (χ0) is 24.9. The van der Waals surface area contributed by atoms with Crippen molar-refractivity contribution in [1.82, 2.24) is 30.0 Å². The van der Waals surface area contributed by atoms with Gasteiger partial charge in [0.2, 0.25) is 0 Å². The Morgan fingerprint density at radius 3 is 2.46 bits per heavy atom. The van der Waals surface area contributed by atoms with Crippen LogP contribution in [0.3, 0.4) is 0 Å². The minimum absolute atomic E-state index is 0.289. The first-order valence-corrected chi connectivity index (χ1v) is 11.5. The van der Waals surface area contributed by atoms with Gasteiger partial charge in [-0.1, -0.05) is 6.07 Å². The fourth-order valence-corrected chi connectivity index (χ4v) is 3.80. The number of H-pyrrole nitrogens is 1. The highest BCUT2D eigenvalue weighted by Gasteiger charge is 2.16. The first kappa shape index (κ1) is 24.3. The Hall–Kier alpha value is -3.82. The normalized spacial score (nSPS) is 11.4. The summed E-state index contributed by atoms with van der Waals surface area (Å²) in [7, 11) is 10.1. The Balaban J connectivity index is 1.52. The lowest BCUT2D eigenvalue weighted by Crippen LogP contribution is -2.28. The molecular formula is C26H32N8O. The number of hydrogen-bond acceptors (Lipinski definition) is 7. The number of anilines is 2. The van der Waals surface area contributed by atoms with Crippen molar-refractivity contribution in [2.45, 2.75) is 6.54 Å². The summed E-state index contributed by atoms with van der Waals surface area (Å²) in [6.45, 7) is 2.60. The molecule has 9 nitrogen and oxygen atoms in total. The molecule has 182 valence electrons. The third-order valence-electron chi connectivity index (χ3n) is 5.68. The highest BCUT2D eigenvalue weighted by Crippen LogP contribution is 2.26. The molecule has 1 aromatic carbocycles. The van der Waals surface area contributed by atoms with Crippen molar-refractivity contribution in [2.75, 3.05) is 58.5 Å². The molecule has 0 spiro atoms. The summed E-state index contributed by atoms with van der Waals surface area (Å²) < 4.78 is 0. The maximum absolute atomic E-state index is 13.1. The smallest absolute Gasteiger partial charge is 0.276 e. The van der Waals surface area contributed by atoms with Crippen LogP contribution in [0.1, 0.15) is 16.1 Å². The van der Waals surface area contributed by atoms with Gasteiger partial charge in [0.1, 0.15) is 5.82 Å². The van der Waals surface area contributed by atoms with E-state index in [4.69, 9.17) is 0 Å². The van der Waals surface area contributed by atoms with Crippen molar-refractivity contribution < 1.29 is 4.79 Å². The van der Waals surface area contributed by atoms with Gasteiger partial charge in [0, 0.05) is 50.0 Å². The lowest BCUT2D eigenvalue weighted by Gasteiger charge is -2.20. The summed E-state index contributed by atoms with van der Waals surface area (Å²) in [4.78, 5) is 28.2. The standard InChI is InChI=1S/C26H32N8O/c1-32(2)10-11-34(5)24-9-7-21(16-28-24)29-26(35)25-22-13-19(6-8-23(22)30-31-25)20-12-18(14-27-15-20)17-33(3)4/h6-9,12-16H,10-11,17H2,1-5H3,(H,29,35)(H,30,31). The van der Waals surface area contributed by atoms with Gasteiger partial charge in [-0.3, -0.25) is 14.9 Å². The molecule has 1 amide bonds. The van der Waals surface area contributed by atoms with E-state index >= 15 is 0 Å². The van der Waals surface area contributed by atoms with Crippen molar-refractivity contribution in [3.05, 3.63) is 66.2 Å². The second kappa shape index (κ2) is 10.6. The SMILES string of the molecule is CN(C)CCN(C)c1ccc(NC(=O)c2n[nH]c3ccc(-c4cncc(CN(C)C)c4)cc23)cn1. The summed E-state index contributed by atoms with van der Waals surface area (Å²) >= 11 is 0. The molecule has 0 saturated carbocycles. The van der Waals surface area contributed by atoms with Gasteiger partial charge in [-0.2, -0.15) is 5.10 Å². The van der Waals surface area contributed by atoms with E-state index in [-0.39, 0.29) is 5.91 Å². The van der Waals surface area contributed by atoms with E-state index in [1.807, 2.05) is 78.0 Å². The van der Waals surface area contributed by atoms with Crippen LogP contribution >= 0.6 is 0 Å². The number of aromatic amines is 1. The highest BCUT2D eigenvalue weighted by molar-refractivity contribution is 6.11. The fraction of sp³-hybridized carbons (Fsp3) is 0.308. The van der Waals surface area contributed by atoms with Crippen molar-refractivity contribution >= 4 is 28.3 Å². The molecule has 0 bridgehead atoms. The van der Waals surface area contributed by atoms with Crippen LogP contribution in [0.4, 0.5) is 11.5 Å². The van der Waals surface area contributed by atoms with Crippen molar-refractivity contribution in [3.63, 3.8) is 0 Å². The second-order valence-corrected chi connectivity index (χ2v) is 9.24. The molecule has 0 fully saturated rings. The third-order valence-corrected chi connectivity index (χ3v) is 5.68. The lowest BCUT2D eigenvalue weighted by molar-refractivity contribution is 0.102. The number of carbonyl (C=O) groups is 1. The molecule has 0 aliphatic heterocycles. The van der Waals surface area contributed by atoms with E-state index in [1.165, 1.54) is 0 Å². The number of nitrogens with zero attached hydrogens (tertiary/aromatic N) is 6. The number of aromatic nitrogens is 4. The molecule has 9 heteroatoms. The van der Waals surface area contributed by atoms with Crippen LogP contribution in [-0.2, 0) is 6.54 Å². The number of carbonyl (C=O) groups excluding carboxylic acids is 1. The summed E-state index contributed by atoms with van der Waals surface area (Å²) in [5.41, 5.74) is 4.86. The summed E-state index contributed by atoms with van der Waals surface area (Å²) in [6.07, 6.45) is 5.38. The molecule has 2 N–H and O–H groups in total. The predicted octanol–water partition coefficient (Wildman–Crippen LogP) is 3.33. The lowest BCUT2D eigenvalue weighted by atomic mass is 10.0. The molecule has 35 heavy (non-hydrogen) atoms. The minimum Gasteiger partial charge on any atom is -0.358 e. The average Bonchev–Trinajstić information content (AvgIpc) is 3.26.